The van der Waals surface area contributed by atoms with Gasteiger partial charge in [-0.1, -0.05) is 24.3 Å². The molecule has 14 heteroatoms. The average Bonchev–Trinajstić information content (AvgIpc) is 3.08. The third-order valence-corrected chi connectivity index (χ3v) is 8.04. The van der Waals surface area contributed by atoms with Gasteiger partial charge in [-0.2, -0.15) is 0 Å². The molecule has 48 heavy (non-hydrogen) atoms. The molecule has 14 nitrogen and oxygen atoms in total. The lowest BCUT2D eigenvalue weighted by molar-refractivity contribution is -0.141. The Labute approximate surface area is 279 Å². The van der Waals surface area contributed by atoms with Crippen molar-refractivity contribution in [3.63, 3.8) is 0 Å². The predicted octanol–water partition coefficient (Wildman–Crippen LogP) is 3.46. The third-order valence-electron chi connectivity index (χ3n) is 8.04. The summed E-state index contributed by atoms with van der Waals surface area (Å²) in [7, 11) is 6.21. The molecule has 0 bridgehead atoms. The van der Waals surface area contributed by atoms with E-state index in [2.05, 4.69) is 10.6 Å². The maximum Gasteiger partial charge on any atom is 0.338 e. The van der Waals surface area contributed by atoms with Gasteiger partial charge in [-0.25, -0.2) is 19.2 Å². The molecule has 2 heterocycles. The lowest BCUT2D eigenvalue weighted by Gasteiger charge is -2.33. The number of nitrogens with zero attached hydrogens (tertiary/aromatic N) is 2. The van der Waals surface area contributed by atoms with E-state index in [0.29, 0.717) is 45.2 Å². The molecule has 0 aromatic heterocycles. The van der Waals surface area contributed by atoms with E-state index in [1.54, 1.807) is 76.5 Å². The normalized spacial score (nSPS) is 18.0. The highest BCUT2D eigenvalue weighted by Gasteiger charge is 2.36. The molecule has 2 aliphatic heterocycles. The highest BCUT2D eigenvalue weighted by molar-refractivity contribution is 5.95. The number of hydrogen-bond acceptors (Lipinski definition) is 10. The van der Waals surface area contributed by atoms with Crippen molar-refractivity contribution >= 4 is 24.0 Å². The van der Waals surface area contributed by atoms with Crippen LogP contribution in [0.3, 0.4) is 0 Å². The minimum absolute atomic E-state index is 0.0934. The molecule has 2 aromatic rings. The maximum atomic E-state index is 12.9. The first-order valence-electron chi connectivity index (χ1n) is 15.3. The van der Waals surface area contributed by atoms with Crippen LogP contribution in [0.1, 0.15) is 37.1 Å². The molecular weight excluding hydrogens is 624 g/mol. The number of benzene rings is 2. The number of amides is 4. The van der Waals surface area contributed by atoms with Gasteiger partial charge in [-0.3, -0.25) is 0 Å². The summed E-state index contributed by atoms with van der Waals surface area (Å²) in [6.07, 6.45) is 0. The molecule has 0 saturated carbocycles. The van der Waals surface area contributed by atoms with Crippen LogP contribution in [0.2, 0.25) is 0 Å². The van der Waals surface area contributed by atoms with Gasteiger partial charge < -0.3 is 48.9 Å². The molecule has 0 aliphatic carbocycles. The topological polar surface area (TPSA) is 154 Å². The molecule has 258 valence electrons. The van der Waals surface area contributed by atoms with Crippen molar-refractivity contribution in [2.45, 2.75) is 25.9 Å². The van der Waals surface area contributed by atoms with Crippen molar-refractivity contribution in [3.05, 3.63) is 82.2 Å². The van der Waals surface area contributed by atoms with E-state index in [0.717, 1.165) is 0 Å². The summed E-state index contributed by atoms with van der Waals surface area (Å²) in [6, 6.07) is 12.1. The second-order valence-corrected chi connectivity index (χ2v) is 11.0. The standard InChI is InChI=1S/C34H42N4O10/c1-21-27(31(39)47-17-15-43-5)29(35-33(41)37(21)3)23-7-11-25(12-8-23)45-19-20-46-26-13-9-24(10-14-26)30-28(32(40)48-18-16-44-6)22(2)38(4)34(42)36-30/h7-14,29-30H,15-20H2,1-6H3,(H,35,41)(H,36,42). The molecular formula is C34H42N4O10. The molecule has 2 aliphatic rings. The first-order valence-corrected chi connectivity index (χ1v) is 15.3. The summed E-state index contributed by atoms with van der Waals surface area (Å²) in [5.41, 5.74) is 3.05. The zero-order valence-corrected chi connectivity index (χ0v) is 28.0. The van der Waals surface area contributed by atoms with E-state index < -0.39 is 24.0 Å². The number of nitrogens with one attached hydrogen (secondary N) is 2. The number of carbonyl (C=O) groups excluding carboxylic acids is 4. The van der Waals surface area contributed by atoms with Crippen molar-refractivity contribution in [1.82, 2.24) is 20.4 Å². The Hall–Kier alpha value is -5.08. The van der Waals surface area contributed by atoms with E-state index in [4.69, 9.17) is 28.4 Å². The Morgan fingerprint density at radius 3 is 1.29 bits per heavy atom. The number of allylic oxidation sites excluding steroid dienone is 2. The fraction of sp³-hybridized carbons (Fsp3) is 0.412. The van der Waals surface area contributed by atoms with Gasteiger partial charge in [0.2, 0.25) is 0 Å². The van der Waals surface area contributed by atoms with E-state index in [1.165, 1.54) is 24.0 Å². The fourth-order valence-corrected chi connectivity index (χ4v) is 5.12. The van der Waals surface area contributed by atoms with Crippen molar-refractivity contribution < 1.29 is 47.6 Å². The smallest absolute Gasteiger partial charge is 0.338 e. The van der Waals surface area contributed by atoms with Crippen molar-refractivity contribution in [1.29, 1.82) is 0 Å². The minimum Gasteiger partial charge on any atom is -0.490 e. The first-order chi connectivity index (χ1) is 23.1. The molecule has 0 radical (unpaired) electrons. The lowest BCUT2D eigenvalue weighted by atomic mass is 9.95. The number of carbonyl (C=O) groups is 4. The van der Waals surface area contributed by atoms with Gasteiger partial charge in [0.05, 0.1) is 36.4 Å². The molecule has 2 unspecified atom stereocenters. The largest absolute Gasteiger partial charge is 0.490 e. The number of urea groups is 2. The van der Waals surface area contributed by atoms with Gasteiger partial charge in [0.15, 0.2) is 0 Å². The summed E-state index contributed by atoms with van der Waals surface area (Å²) >= 11 is 0. The second kappa shape index (κ2) is 16.7. The third kappa shape index (κ3) is 8.44. The monoisotopic (exact) mass is 666 g/mol. The molecule has 0 fully saturated rings. The van der Waals surface area contributed by atoms with Crippen LogP contribution in [0.5, 0.6) is 11.5 Å². The van der Waals surface area contributed by atoms with E-state index in [9.17, 15) is 19.2 Å². The molecule has 4 rings (SSSR count). The summed E-state index contributed by atoms with van der Waals surface area (Å²) in [5, 5.41) is 5.71. The van der Waals surface area contributed by atoms with Gasteiger partial charge in [0.25, 0.3) is 0 Å². The van der Waals surface area contributed by atoms with Gasteiger partial charge in [0.1, 0.15) is 37.9 Å². The minimum atomic E-state index is -0.691. The number of ether oxygens (including phenoxy) is 6. The van der Waals surface area contributed by atoms with E-state index in [-0.39, 0.29) is 51.7 Å². The zero-order valence-electron chi connectivity index (χ0n) is 28.0. The van der Waals surface area contributed by atoms with Crippen LogP contribution in [-0.2, 0) is 28.5 Å². The number of rotatable bonds is 15. The molecule has 2 aromatic carbocycles. The van der Waals surface area contributed by atoms with Crippen LogP contribution >= 0.6 is 0 Å². The van der Waals surface area contributed by atoms with Gasteiger partial charge in [-0.05, 0) is 49.2 Å². The number of methoxy groups -OCH3 is 2. The lowest BCUT2D eigenvalue weighted by Crippen LogP contribution is -2.46. The zero-order chi connectivity index (χ0) is 34.8. The molecule has 2 atom stereocenters. The van der Waals surface area contributed by atoms with Gasteiger partial charge in [0, 0.05) is 39.7 Å². The predicted molar refractivity (Wildman–Crippen MR) is 173 cm³/mol. The summed E-state index contributed by atoms with van der Waals surface area (Å²) in [4.78, 5) is 53.6. The first kappa shape index (κ1) is 35.8. The number of hydrogen-bond donors (Lipinski definition) is 2. The Kier molecular flexibility index (Phi) is 12.4. The Bertz CT molecular complexity index is 1420. The second-order valence-electron chi connectivity index (χ2n) is 11.0. The summed E-state index contributed by atoms with van der Waals surface area (Å²) in [5.74, 6) is 0.0878. The van der Waals surface area contributed by atoms with Crippen LogP contribution in [0, 0.1) is 0 Å². The van der Waals surface area contributed by atoms with Gasteiger partial charge >= 0.3 is 24.0 Å². The average molecular weight is 667 g/mol. The van der Waals surface area contributed by atoms with Crippen LogP contribution in [0.4, 0.5) is 9.59 Å². The maximum absolute atomic E-state index is 12.9. The van der Waals surface area contributed by atoms with Crippen molar-refractivity contribution in [2.24, 2.45) is 0 Å². The molecule has 0 saturated heterocycles. The Balaban J connectivity index is 1.34. The van der Waals surface area contributed by atoms with Crippen LogP contribution in [-0.4, -0.2) is 102 Å². The SMILES string of the molecule is COCCOC(=O)C1=C(C)N(C)C(=O)NC1c1ccc(OCCOc2ccc(C3NC(=O)N(C)C(C)=C3C(=O)OCCOC)cc2)cc1. The Morgan fingerprint density at radius 1 is 0.604 bits per heavy atom. The van der Waals surface area contributed by atoms with E-state index >= 15 is 0 Å². The Morgan fingerprint density at radius 2 is 0.958 bits per heavy atom. The van der Waals surface area contributed by atoms with Crippen molar-refractivity contribution in [2.75, 3.05) is 68.0 Å². The van der Waals surface area contributed by atoms with Crippen LogP contribution in [0.15, 0.2) is 71.1 Å². The summed E-state index contributed by atoms with van der Waals surface area (Å²) in [6.45, 7) is 4.60. The van der Waals surface area contributed by atoms with Gasteiger partial charge in [-0.15, -0.1) is 0 Å². The molecule has 2 N–H and O–H groups in total. The fourth-order valence-electron chi connectivity index (χ4n) is 5.12. The summed E-state index contributed by atoms with van der Waals surface area (Å²) < 4.78 is 32.3. The van der Waals surface area contributed by atoms with Crippen molar-refractivity contribution in [3.8, 4) is 11.5 Å². The molecule has 4 amide bonds. The highest BCUT2D eigenvalue weighted by Crippen LogP contribution is 2.33. The number of esters is 2. The highest BCUT2D eigenvalue weighted by atomic mass is 16.6. The quantitative estimate of drug-likeness (QED) is 0.213. The van der Waals surface area contributed by atoms with Crippen LogP contribution in [0.25, 0.3) is 0 Å². The van der Waals surface area contributed by atoms with E-state index in [1.807, 2.05) is 0 Å². The molecule has 0 spiro atoms. The van der Waals surface area contributed by atoms with Crippen LogP contribution < -0.4 is 20.1 Å².